The summed E-state index contributed by atoms with van der Waals surface area (Å²) < 4.78 is 0. The van der Waals surface area contributed by atoms with Crippen LogP contribution in [0.25, 0.3) is 0 Å². The number of hydrogen-bond acceptors (Lipinski definition) is 2. The van der Waals surface area contributed by atoms with E-state index in [-0.39, 0.29) is 6.04 Å². The summed E-state index contributed by atoms with van der Waals surface area (Å²) in [5, 5.41) is 9.55. The van der Waals surface area contributed by atoms with Gasteiger partial charge >= 0.3 is 0 Å². The van der Waals surface area contributed by atoms with Gasteiger partial charge in [0.25, 0.3) is 0 Å². The van der Waals surface area contributed by atoms with Crippen LogP contribution in [-0.2, 0) is 0 Å². The highest BCUT2D eigenvalue weighted by Gasteiger charge is 2.09. The second-order valence-corrected chi connectivity index (χ2v) is 3.46. The van der Waals surface area contributed by atoms with Crippen molar-refractivity contribution >= 4 is 0 Å². The second kappa shape index (κ2) is 4.28. The minimum Gasteiger partial charge on any atom is -0.508 e. The van der Waals surface area contributed by atoms with Gasteiger partial charge < -0.3 is 10.8 Å². The molecule has 3 N–H and O–H groups in total. The number of rotatable bonds is 3. The normalized spacial score (nSPS) is 12.8. The van der Waals surface area contributed by atoms with E-state index in [0.717, 1.165) is 24.0 Å². The van der Waals surface area contributed by atoms with Crippen molar-refractivity contribution in [1.82, 2.24) is 0 Å². The molecule has 0 unspecified atom stereocenters. The molecule has 1 aromatic rings. The van der Waals surface area contributed by atoms with Crippen LogP contribution >= 0.6 is 0 Å². The summed E-state index contributed by atoms with van der Waals surface area (Å²) in [6.45, 7) is 4.09. The van der Waals surface area contributed by atoms with Crippen molar-refractivity contribution in [3.63, 3.8) is 0 Å². The number of nitrogens with two attached hydrogens (primary N) is 1. The lowest BCUT2D eigenvalue weighted by molar-refractivity contribution is 0.458. The summed E-state index contributed by atoms with van der Waals surface area (Å²) in [6, 6.07) is 5.51. The zero-order chi connectivity index (χ0) is 9.84. The van der Waals surface area contributed by atoms with Gasteiger partial charge in [0, 0.05) is 11.6 Å². The van der Waals surface area contributed by atoms with Gasteiger partial charge in [-0.3, -0.25) is 0 Å². The van der Waals surface area contributed by atoms with Gasteiger partial charge in [-0.2, -0.15) is 0 Å². The van der Waals surface area contributed by atoms with Gasteiger partial charge in [0.15, 0.2) is 0 Å². The Balaban J connectivity index is 2.91. The first kappa shape index (κ1) is 10.1. The average Bonchev–Trinajstić information content (AvgIpc) is 2.09. The van der Waals surface area contributed by atoms with Crippen LogP contribution in [-0.4, -0.2) is 5.11 Å². The Hall–Kier alpha value is -1.02. The summed E-state index contributed by atoms with van der Waals surface area (Å²) in [4.78, 5) is 0. The minimum atomic E-state index is -0.0371. The van der Waals surface area contributed by atoms with Gasteiger partial charge in [-0.1, -0.05) is 31.0 Å². The summed E-state index contributed by atoms with van der Waals surface area (Å²) >= 11 is 0. The molecule has 0 saturated carbocycles. The van der Waals surface area contributed by atoms with Crippen molar-refractivity contribution in [3.8, 4) is 5.75 Å². The molecule has 0 amide bonds. The molecule has 0 heterocycles. The first-order chi connectivity index (χ1) is 6.15. The lowest BCUT2D eigenvalue weighted by Gasteiger charge is -2.12. The van der Waals surface area contributed by atoms with Crippen LogP contribution in [0.4, 0.5) is 0 Å². The van der Waals surface area contributed by atoms with Gasteiger partial charge in [-0.05, 0) is 19.4 Å². The molecule has 0 saturated heterocycles. The largest absolute Gasteiger partial charge is 0.508 e. The molecule has 1 rings (SSSR count). The van der Waals surface area contributed by atoms with Crippen molar-refractivity contribution < 1.29 is 5.11 Å². The Morgan fingerprint density at radius 1 is 1.46 bits per heavy atom. The molecule has 0 aromatic heterocycles. The van der Waals surface area contributed by atoms with E-state index in [4.69, 9.17) is 5.73 Å². The third-order valence-corrected chi connectivity index (χ3v) is 2.18. The van der Waals surface area contributed by atoms with E-state index in [1.807, 2.05) is 19.1 Å². The van der Waals surface area contributed by atoms with Gasteiger partial charge in [-0.15, -0.1) is 0 Å². The maximum atomic E-state index is 9.55. The van der Waals surface area contributed by atoms with Crippen LogP contribution in [0.3, 0.4) is 0 Å². The summed E-state index contributed by atoms with van der Waals surface area (Å²) in [6.07, 6.45) is 1.95. The third-order valence-electron chi connectivity index (χ3n) is 2.18. The maximum Gasteiger partial charge on any atom is 0.120 e. The van der Waals surface area contributed by atoms with E-state index in [1.54, 1.807) is 6.07 Å². The molecule has 0 radical (unpaired) electrons. The molecule has 2 heteroatoms. The van der Waals surface area contributed by atoms with E-state index in [9.17, 15) is 5.11 Å². The highest BCUT2D eigenvalue weighted by Crippen LogP contribution is 2.26. The van der Waals surface area contributed by atoms with E-state index in [1.165, 1.54) is 0 Å². The number of hydrogen-bond donors (Lipinski definition) is 2. The molecule has 0 aliphatic heterocycles. The molecule has 1 atom stereocenters. The topological polar surface area (TPSA) is 46.2 Å². The zero-order valence-corrected chi connectivity index (χ0v) is 8.25. The Morgan fingerprint density at radius 2 is 2.15 bits per heavy atom. The fraction of sp³-hybridized carbons (Fsp3) is 0.455. The molecule has 1 aromatic carbocycles. The van der Waals surface area contributed by atoms with Crippen LogP contribution in [0.2, 0.25) is 0 Å². The van der Waals surface area contributed by atoms with Crippen molar-refractivity contribution in [1.29, 1.82) is 0 Å². The Kier molecular flexibility index (Phi) is 3.32. The van der Waals surface area contributed by atoms with Crippen molar-refractivity contribution in [3.05, 3.63) is 29.3 Å². The number of benzene rings is 1. The molecule has 13 heavy (non-hydrogen) atoms. The minimum absolute atomic E-state index is 0.0371. The molecule has 72 valence electrons. The molecular weight excluding hydrogens is 162 g/mol. The fourth-order valence-corrected chi connectivity index (χ4v) is 1.44. The summed E-state index contributed by atoms with van der Waals surface area (Å²) in [5.41, 5.74) is 7.92. The summed E-state index contributed by atoms with van der Waals surface area (Å²) in [7, 11) is 0. The van der Waals surface area contributed by atoms with Crippen molar-refractivity contribution in [2.45, 2.75) is 32.7 Å². The first-order valence-corrected chi connectivity index (χ1v) is 4.70. The Bertz CT molecular complexity index is 283. The third kappa shape index (κ3) is 2.46. The van der Waals surface area contributed by atoms with Crippen LogP contribution in [0.5, 0.6) is 5.75 Å². The molecule has 2 nitrogen and oxygen atoms in total. The predicted octanol–water partition coefficient (Wildman–Crippen LogP) is 2.50. The van der Waals surface area contributed by atoms with E-state index >= 15 is 0 Å². The van der Waals surface area contributed by atoms with Crippen molar-refractivity contribution in [2.75, 3.05) is 0 Å². The molecule has 0 spiro atoms. The van der Waals surface area contributed by atoms with Gasteiger partial charge in [0.1, 0.15) is 5.75 Å². The molecule has 0 aliphatic carbocycles. The standard InChI is InChI=1S/C11H17NO/c1-3-4-10(12)9-7-8(2)5-6-11(9)13/h5-7,10,13H,3-4,12H2,1-2H3/t10-/m0/s1. The van der Waals surface area contributed by atoms with Crippen LogP contribution in [0.15, 0.2) is 18.2 Å². The number of aryl methyl sites for hydroxylation is 1. The highest BCUT2D eigenvalue weighted by molar-refractivity contribution is 5.37. The number of aromatic hydroxyl groups is 1. The summed E-state index contributed by atoms with van der Waals surface area (Å²) in [5.74, 6) is 0.312. The smallest absolute Gasteiger partial charge is 0.120 e. The van der Waals surface area contributed by atoms with Crippen LogP contribution < -0.4 is 5.73 Å². The van der Waals surface area contributed by atoms with Gasteiger partial charge in [0.05, 0.1) is 0 Å². The lowest BCUT2D eigenvalue weighted by Crippen LogP contribution is -2.09. The van der Waals surface area contributed by atoms with E-state index in [2.05, 4.69) is 6.92 Å². The molecule has 0 fully saturated rings. The number of phenols is 1. The van der Waals surface area contributed by atoms with Gasteiger partial charge in [-0.25, -0.2) is 0 Å². The van der Waals surface area contributed by atoms with E-state index in [0.29, 0.717) is 5.75 Å². The predicted molar refractivity (Wildman–Crippen MR) is 54.7 cm³/mol. The number of phenolic OH excluding ortho intramolecular Hbond substituents is 1. The SMILES string of the molecule is CCC[C@H](N)c1cc(C)ccc1O. The molecule has 0 bridgehead atoms. The molecular formula is C11H17NO. The monoisotopic (exact) mass is 179 g/mol. The van der Waals surface area contributed by atoms with E-state index < -0.39 is 0 Å². The lowest BCUT2D eigenvalue weighted by atomic mass is 10.0. The quantitative estimate of drug-likeness (QED) is 0.748. The Labute approximate surface area is 79.4 Å². The second-order valence-electron chi connectivity index (χ2n) is 3.46. The first-order valence-electron chi connectivity index (χ1n) is 4.70. The molecule has 0 aliphatic rings. The Morgan fingerprint density at radius 3 is 2.77 bits per heavy atom. The van der Waals surface area contributed by atoms with Crippen molar-refractivity contribution in [2.24, 2.45) is 5.73 Å². The maximum absolute atomic E-state index is 9.55. The fourth-order valence-electron chi connectivity index (χ4n) is 1.44. The highest BCUT2D eigenvalue weighted by atomic mass is 16.3. The van der Waals surface area contributed by atoms with Crippen LogP contribution in [0, 0.1) is 6.92 Å². The van der Waals surface area contributed by atoms with Crippen LogP contribution in [0.1, 0.15) is 36.9 Å². The average molecular weight is 179 g/mol. The zero-order valence-electron chi connectivity index (χ0n) is 8.25. The van der Waals surface area contributed by atoms with Gasteiger partial charge in [0.2, 0.25) is 0 Å².